The number of hydrogen-bond donors (Lipinski definition) is 1. The lowest BCUT2D eigenvalue weighted by molar-refractivity contribution is -0.153. The second-order valence-corrected chi connectivity index (χ2v) is 13.5. The number of fused-ring (bicyclic) bond motifs is 9. The van der Waals surface area contributed by atoms with Crippen molar-refractivity contribution >= 4 is 23.7 Å². The molecule has 5 aliphatic rings. The summed E-state index contributed by atoms with van der Waals surface area (Å²) in [5, 5.41) is 22.2. The largest absolute Gasteiger partial charge is 0.504 e. The molecule has 2 unspecified atom stereocenters. The van der Waals surface area contributed by atoms with Crippen LogP contribution in [0.4, 0.5) is 0 Å². The number of methoxy groups -OCH3 is 1. The molecule has 2 aromatic rings. The number of carbonyl (C=O) groups is 2. The lowest BCUT2D eigenvalue weighted by Crippen LogP contribution is -2.69. The number of aromatic hydroxyl groups is 1. The average molecular weight is 622 g/mol. The molecule has 0 amide bonds. The third kappa shape index (κ3) is 3.95. The number of nitrogens with zero attached hydrogens (tertiary/aromatic N) is 3. The number of piperazine rings is 1. The highest BCUT2D eigenvalue weighted by atomic mass is 32.2. The monoisotopic (exact) mass is 621 g/mol. The number of carbonyl (C=O) groups excluding carboxylic acids is 2. The summed E-state index contributed by atoms with van der Waals surface area (Å²) in [5.41, 5.74) is 4.70. The van der Waals surface area contributed by atoms with Gasteiger partial charge in [0.1, 0.15) is 18.4 Å². The van der Waals surface area contributed by atoms with Gasteiger partial charge in [-0.05, 0) is 38.4 Å². The van der Waals surface area contributed by atoms with Crippen molar-refractivity contribution in [2.75, 3.05) is 33.3 Å². The standard InChI is InChI=1S/C32H35N3O8S/c1-13-7-17-8-18-19(9-33)35-20-10-40-32(38)14(2)11-44-31(25(35)24(34(18)5)21(17)26(37)27(13)39-6)23-22(20)30-29(41-12-42-30)15(3)28(23)43-16(4)36/h7,14,18-20,24-25,31,37H,8,10-12H2,1-6H3/t14?,18-,19-,20+,24-,25?,31+/m0/s1. The maximum atomic E-state index is 13.1. The zero-order valence-electron chi connectivity index (χ0n) is 25.5. The maximum absolute atomic E-state index is 13.1. The molecule has 0 radical (unpaired) electrons. The number of benzene rings is 2. The van der Waals surface area contributed by atoms with Crippen molar-refractivity contribution in [2.45, 2.75) is 69.6 Å². The van der Waals surface area contributed by atoms with Crippen LogP contribution in [0, 0.1) is 31.1 Å². The van der Waals surface area contributed by atoms with Crippen LogP contribution in [0.1, 0.15) is 64.6 Å². The number of rotatable bonds is 2. The summed E-state index contributed by atoms with van der Waals surface area (Å²) < 4.78 is 29.6. The number of hydrogen-bond acceptors (Lipinski definition) is 12. The van der Waals surface area contributed by atoms with E-state index in [0.29, 0.717) is 46.3 Å². The zero-order valence-corrected chi connectivity index (χ0v) is 26.3. The van der Waals surface area contributed by atoms with Gasteiger partial charge in [0, 0.05) is 47.0 Å². The molecular formula is C32H35N3O8S. The van der Waals surface area contributed by atoms with E-state index in [9.17, 15) is 20.0 Å². The Morgan fingerprint density at radius 3 is 2.61 bits per heavy atom. The molecule has 2 fully saturated rings. The van der Waals surface area contributed by atoms with Crippen molar-refractivity contribution in [3.63, 3.8) is 0 Å². The summed E-state index contributed by atoms with van der Waals surface area (Å²) in [6, 6.07) is 2.50. The first-order chi connectivity index (χ1) is 21.1. The number of phenols is 1. The molecule has 232 valence electrons. The highest BCUT2D eigenvalue weighted by molar-refractivity contribution is 7.99. The minimum absolute atomic E-state index is 0.00697. The van der Waals surface area contributed by atoms with Crippen LogP contribution in [0.5, 0.6) is 28.7 Å². The molecule has 2 aromatic carbocycles. The van der Waals surface area contributed by atoms with Gasteiger partial charge < -0.3 is 28.8 Å². The summed E-state index contributed by atoms with van der Waals surface area (Å²) >= 11 is 1.57. The number of likely N-dealkylation sites (N-methyl/N-ethyl adjacent to an activating group) is 1. The van der Waals surface area contributed by atoms with Gasteiger partial charge >= 0.3 is 11.9 Å². The fourth-order valence-electron chi connectivity index (χ4n) is 8.06. The molecule has 0 saturated carbocycles. The number of nitriles is 1. The Morgan fingerprint density at radius 2 is 1.91 bits per heavy atom. The van der Waals surface area contributed by atoms with Crippen molar-refractivity contribution in [3.05, 3.63) is 39.4 Å². The minimum Gasteiger partial charge on any atom is -0.504 e. The van der Waals surface area contributed by atoms with Gasteiger partial charge in [0.2, 0.25) is 6.79 Å². The van der Waals surface area contributed by atoms with Gasteiger partial charge in [-0.3, -0.25) is 19.4 Å². The number of ether oxygens (including phenoxy) is 5. The number of cyclic esters (lactones) is 1. The Balaban J connectivity index is 1.56. The summed E-state index contributed by atoms with van der Waals surface area (Å²) in [6.45, 7) is 6.93. The topological polar surface area (TPSA) is 131 Å². The Bertz CT molecular complexity index is 1640. The fraction of sp³-hybridized carbons (Fsp3) is 0.531. The van der Waals surface area contributed by atoms with Crippen molar-refractivity contribution in [1.29, 1.82) is 5.26 Å². The van der Waals surface area contributed by atoms with Gasteiger partial charge in [-0.1, -0.05) is 13.0 Å². The van der Waals surface area contributed by atoms with Crippen molar-refractivity contribution in [2.24, 2.45) is 5.92 Å². The third-order valence-electron chi connectivity index (χ3n) is 9.86. The van der Waals surface area contributed by atoms with Gasteiger partial charge in [-0.2, -0.15) is 17.0 Å². The van der Waals surface area contributed by atoms with Crippen molar-refractivity contribution < 1.29 is 38.4 Å². The number of thioether (sulfide) groups is 1. The van der Waals surface area contributed by atoms with Crippen LogP contribution in [0.2, 0.25) is 0 Å². The highest BCUT2D eigenvalue weighted by Crippen LogP contribution is 2.64. The first-order valence-electron chi connectivity index (χ1n) is 14.8. The zero-order chi connectivity index (χ0) is 31.2. The molecule has 7 rings (SSSR count). The average Bonchev–Trinajstić information content (AvgIpc) is 3.47. The Labute approximate surface area is 259 Å². The smallest absolute Gasteiger partial charge is 0.309 e. The summed E-state index contributed by atoms with van der Waals surface area (Å²) in [6.07, 6.45) is 0.542. The Kier molecular flexibility index (Phi) is 6.91. The van der Waals surface area contributed by atoms with E-state index in [1.807, 2.05) is 27.8 Å². The first kappa shape index (κ1) is 29.1. The van der Waals surface area contributed by atoms with Gasteiger partial charge in [0.25, 0.3) is 0 Å². The molecule has 2 saturated heterocycles. The molecule has 0 aliphatic carbocycles. The third-order valence-corrected chi connectivity index (χ3v) is 11.4. The van der Waals surface area contributed by atoms with E-state index in [0.717, 1.165) is 22.3 Å². The van der Waals surface area contributed by atoms with E-state index in [1.165, 1.54) is 6.92 Å². The molecule has 44 heavy (non-hydrogen) atoms. The normalized spacial score (nSPS) is 30.4. The van der Waals surface area contributed by atoms with Crippen LogP contribution in [0.3, 0.4) is 0 Å². The van der Waals surface area contributed by atoms with E-state index >= 15 is 0 Å². The van der Waals surface area contributed by atoms with Crippen molar-refractivity contribution in [3.8, 4) is 34.8 Å². The summed E-state index contributed by atoms with van der Waals surface area (Å²) in [7, 11) is 3.55. The molecule has 5 aliphatic heterocycles. The molecule has 0 aromatic heterocycles. The van der Waals surface area contributed by atoms with E-state index in [1.54, 1.807) is 18.9 Å². The number of aryl methyl sites for hydroxylation is 1. The minimum atomic E-state index is -0.606. The second kappa shape index (κ2) is 10.5. The van der Waals surface area contributed by atoms with Gasteiger partial charge in [0.05, 0.1) is 36.4 Å². The Morgan fingerprint density at radius 1 is 1.16 bits per heavy atom. The summed E-state index contributed by atoms with van der Waals surface area (Å²) in [4.78, 5) is 30.0. The molecular weight excluding hydrogens is 586 g/mol. The lowest BCUT2D eigenvalue weighted by Gasteiger charge is -2.61. The molecule has 12 heteroatoms. The van der Waals surface area contributed by atoms with Crippen molar-refractivity contribution in [1.82, 2.24) is 9.80 Å². The molecule has 7 atom stereocenters. The molecule has 5 heterocycles. The first-order valence-corrected chi connectivity index (χ1v) is 15.8. The lowest BCUT2D eigenvalue weighted by atomic mass is 9.71. The molecule has 4 bridgehead atoms. The van der Waals surface area contributed by atoms with Gasteiger partial charge in [-0.15, -0.1) is 0 Å². The van der Waals surface area contributed by atoms with Crippen LogP contribution >= 0.6 is 11.8 Å². The van der Waals surface area contributed by atoms with Gasteiger partial charge in [0.15, 0.2) is 23.0 Å². The predicted molar refractivity (Wildman–Crippen MR) is 159 cm³/mol. The molecule has 0 spiro atoms. The number of esters is 2. The quantitative estimate of drug-likeness (QED) is 0.386. The van der Waals surface area contributed by atoms with Crippen LogP contribution in [-0.4, -0.2) is 78.3 Å². The van der Waals surface area contributed by atoms with Crippen LogP contribution in [0.15, 0.2) is 6.07 Å². The maximum Gasteiger partial charge on any atom is 0.309 e. The van der Waals surface area contributed by atoms with Gasteiger partial charge in [-0.25, -0.2) is 0 Å². The van der Waals surface area contributed by atoms with E-state index < -0.39 is 18.1 Å². The second-order valence-electron chi connectivity index (χ2n) is 12.3. The van der Waals surface area contributed by atoms with Crippen LogP contribution < -0.4 is 18.9 Å². The summed E-state index contributed by atoms with van der Waals surface area (Å²) in [5.74, 6) is 1.17. The Hall–Kier alpha value is -3.66. The van der Waals surface area contributed by atoms with E-state index in [2.05, 4.69) is 21.9 Å². The number of phenolic OH excluding ortho intramolecular Hbond substituents is 1. The highest BCUT2D eigenvalue weighted by Gasteiger charge is 2.60. The van der Waals surface area contributed by atoms with E-state index in [4.69, 9.17) is 23.7 Å². The SMILES string of the molecule is COc1c(C)cc2c(c1O)[C@H]1C3[C@@H]4SCC(C)C(=O)OC[C@H](c5c6c(c(C)c(OC(C)=O)c54)OCO6)N3[C@@H](C#N)[C@H](C2)N1C. The molecule has 1 N–H and O–H groups in total. The van der Waals surface area contributed by atoms with E-state index in [-0.39, 0.29) is 54.4 Å². The fourth-order valence-corrected chi connectivity index (χ4v) is 9.58. The molecule has 11 nitrogen and oxygen atoms in total. The predicted octanol–water partition coefficient (Wildman–Crippen LogP) is 3.87. The van der Waals surface area contributed by atoms with Crippen LogP contribution in [-0.2, 0) is 20.7 Å². The van der Waals surface area contributed by atoms with Crippen LogP contribution in [0.25, 0.3) is 0 Å².